The molecule has 4 aromatic rings. The van der Waals surface area contributed by atoms with Gasteiger partial charge in [-0.15, -0.1) is 10.2 Å². The Labute approximate surface area is 183 Å². The highest BCUT2D eigenvalue weighted by atomic mass is 35.5. The van der Waals surface area contributed by atoms with Crippen molar-refractivity contribution in [1.29, 1.82) is 0 Å². The SMILES string of the molecule is CC(C)c1nnc(-c2ccccc2NC(=O)c2cc(Cl)nc(-c3ccccc3)n2)s1. The molecule has 0 aliphatic heterocycles. The minimum absolute atomic E-state index is 0.184. The molecule has 0 aliphatic rings. The van der Waals surface area contributed by atoms with E-state index in [1.165, 1.54) is 17.4 Å². The Morgan fingerprint density at radius 3 is 2.47 bits per heavy atom. The van der Waals surface area contributed by atoms with E-state index in [4.69, 9.17) is 11.6 Å². The zero-order chi connectivity index (χ0) is 21.1. The number of carbonyl (C=O) groups is 1. The third-order valence-electron chi connectivity index (χ3n) is 4.30. The fourth-order valence-electron chi connectivity index (χ4n) is 2.79. The van der Waals surface area contributed by atoms with Gasteiger partial charge < -0.3 is 5.32 Å². The van der Waals surface area contributed by atoms with Crippen LogP contribution in [0.5, 0.6) is 0 Å². The number of hydrogen-bond acceptors (Lipinski definition) is 6. The van der Waals surface area contributed by atoms with Crippen molar-refractivity contribution in [3.8, 4) is 22.0 Å². The first kappa shape index (κ1) is 20.1. The number of hydrogen-bond donors (Lipinski definition) is 1. The lowest BCUT2D eigenvalue weighted by Crippen LogP contribution is -2.15. The van der Waals surface area contributed by atoms with Gasteiger partial charge in [-0.3, -0.25) is 4.79 Å². The van der Waals surface area contributed by atoms with Gasteiger partial charge in [0.2, 0.25) is 0 Å². The second-order valence-electron chi connectivity index (χ2n) is 6.87. The molecule has 0 aliphatic carbocycles. The average molecular weight is 436 g/mol. The van der Waals surface area contributed by atoms with Crippen LogP contribution in [0.2, 0.25) is 5.15 Å². The minimum atomic E-state index is -0.377. The average Bonchev–Trinajstić information content (AvgIpc) is 3.25. The highest BCUT2D eigenvalue weighted by Gasteiger charge is 2.17. The molecule has 0 fully saturated rings. The van der Waals surface area contributed by atoms with Gasteiger partial charge in [-0.05, 0) is 12.1 Å². The fraction of sp³-hybridized carbons (Fsp3) is 0.136. The Hall–Kier alpha value is -3.16. The number of rotatable bonds is 5. The lowest BCUT2D eigenvalue weighted by molar-refractivity contribution is 0.102. The molecule has 1 amide bonds. The highest BCUT2D eigenvalue weighted by molar-refractivity contribution is 7.14. The maximum absolute atomic E-state index is 13.0. The molecule has 0 spiro atoms. The van der Waals surface area contributed by atoms with Gasteiger partial charge >= 0.3 is 0 Å². The van der Waals surface area contributed by atoms with E-state index >= 15 is 0 Å². The van der Waals surface area contributed by atoms with Crippen molar-refractivity contribution in [3.05, 3.63) is 76.5 Å². The number of benzene rings is 2. The van der Waals surface area contributed by atoms with Gasteiger partial charge in [0.15, 0.2) is 5.82 Å². The van der Waals surface area contributed by atoms with Gasteiger partial charge in [0, 0.05) is 23.1 Å². The van der Waals surface area contributed by atoms with Crippen LogP contribution in [0, 0.1) is 0 Å². The standard InChI is InChI=1S/C22H18ClN5OS/c1-13(2)21-27-28-22(30-21)15-10-6-7-11-16(15)25-20(29)17-12-18(23)26-19(24-17)14-8-4-3-5-9-14/h3-13H,1-2H3,(H,25,29). The summed E-state index contributed by atoms with van der Waals surface area (Å²) in [6.45, 7) is 4.14. The van der Waals surface area contributed by atoms with Gasteiger partial charge in [0.1, 0.15) is 20.9 Å². The van der Waals surface area contributed by atoms with Crippen LogP contribution in [0.4, 0.5) is 5.69 Å². The van der Waals surface area contributed by atoms with Crippen LogP contribution in [0.25, 0.3) is 22.0 Å². The van der Waals surface area contributed by atoms with E-state index in [1.54, 1.807) is 0 Å². The van der Waals surface area contributed by atoms with Crippen LogP contribution in [0.3, 0.4) is 0 Å². The number of aromatic nitrogens is 4. The maximum Gasteiger partial charge on any atom is 0.274 e. The largest absolute Gasteiger partial charge is 0.320 e. The van der Waals surface area contributed by atoms with Crippen LogP contribution < -0.4 is 5.32 Å². The quantitative estimate of drug-likeness (QED) is 0.407. The summed E-state index contributed by atoms with van der Waals surface area (Å²) in [5.74, 6) is 0.308. The third-order valence-corrected chi connectivity index (χ3v) is 5.75. The lowest BCUT2D eigenvalue weighted by atomic mass is 10.2. The minimum Gasteiger partial charge on any atom is -0.320 e. The maximum atomic E-state index is 13.0. The normalized spacial score (nSPS) is 10.9. The molecule has 2 aromatic carbocycles. The number of halogens is 1. The molecular weight excluding hydrogens is 418 g/mol. The van der Waals surface area contributed by atoms with Crippen LogP contribution in [0.15, 0.2) is 60.7 Å². The Bertz CT molecular complexity index is 1190. The third kappa shape index (κ3) is 4.37. The van der Waals surface area contributed by atoms with Gasteiger partial charge in [0.05, 0.1) is 5.69 Å². The monoisotopic (exact) mass is 435 g/mol. The molecule has 4 rings (SSSR count). The van der Waals surface area contributed by atoms with E-state index in [9.17, 15) is 4.79 Å². The molecule has 0 saturated carbocycles. The summed E-state index contributed by atoms with van der Waals surface area (Å²) in [5, 5.41) is 13.4. The molecule has 8 heteroatoms. The van der Waals surface area contributed by atoms with Gasteiger partial charge in [-0.2, -0.15) is 0 Å². The number of anilines is 1. The molecule has 2 heterocycles. The Kier molecular flexibility index (Phi) is 5.83. The summed E-state index contributed by atoms with van der Waals surface area (Å²) in [6.07, 6.45) is 0. The van der Waals surface area contributed by atoms with Crippen molar-refractivity contribution in [2.24, 2.45) is 0 Å². The first-order chi connectivity index (χ1) is 14.5. The summed E-state index contributed by atoms with van der Waals surface area (Å²) in [7, 11) is 0. The molecule has 0 unspecified atom stereocenters. The number of nitrogens with one attached hydrogen (secondary N) is 1. The molecule has 1 N–H and O–H groups in total. The van der Waals surface area contributed by atoms with Gasteiger partial charge in [-0.25, -0.2) is 9.97 Å². The van der Waals surface area contributed by atoms with Crippen molar-refractivity contribution in [3.63, 3.8) is 0 Å². The van der Waals surface area contributed by atoms with Crippen molar-refractivity contribution in [2.75, 3.05) is 5.32 Å². The Morgan fingerprint density at radius 2 is 1.73 bits per heavy atom. The van der Waals surface area contributed by atoms with Crippen molar-refractivity contribution < 1.29 is 4.79 Å². The van der Waals surface area contributed by atoms with Crippen LogP contribution in [-0.4, -0.2) is 26.1 Å². The Morgan fingerprint density at radius 1 is 1.00 bits per heavy atom. The first-order valence-electron chi connectivity index (χ1n) is 9.35. The number of nitrogens with zero attached hydrogens (tertiary/aromatic N) is 4. The van der Waals surface area contributed by atoms with Crippen LogP contribution in [-0.2, 0) is 0 Å². The van der Waals surface area contributed by atoms with Crippen LogP contribution >= 0.6 is 22.9 Å². The molecular formula is C22H18ClN5OS. The van der Waals surface area contributed by atoms with E-state index in [2.05, 4.69) is 39.3 Å². The predicted octanol–water partition coefficient (Wildman–Crippen LogP) is 5.69. The first-order valence-corrected chi connectivity index (χ1v) is 10.5. The summed E-state index contributed by atoms with van der Waals surface area (Å²) in [6, 6.07) is 18.3. The van der Waals surface area contributed by atoms with E-state index in [0.717, 1.165) is 21.1 Å². The summed E-state index contributed by atoms with van der Waals surface area (Å²) < 4.78 is 0. The topological polar surface area (TPSA) is 80.7 Å². The van der Waals surface area contributed by atoms with E-state index < -0.39 is 0 Å². The Balaban J connectivity index is 1.64. The lowest BCUT2D eigenvalue weighted by Gasteiger charge is -2.10. The van der Waals surface area contributed by atoms with E-state index in [1.807, 2.05) is 54.6 Å². The van der Waals surface area contributed by atoms with E-state index in [0.29, 0.717) is 11.5 Å². The summed E-state index contributed by atoms with van der Waals surface area (Å²) >= 11 is 7.67. The molecule has 6 nitrogen and oxygen atoms in total. The fourth-order valence-corrected chi connectivity index (χ4v) is 3.86. The zero-order valence-corrected chi connectivity index (χ0v) is 17.9. The molecule has 30 heavy (non-hydrogen) atoms. The number of carbonyl (C=O) groups excluding carboxylic acids is 1. The van der Waals surface area contributed by atoms with Crippen molar-refractivity contribution >= 4 is 34.5 Å². The number of amides is 1. The molecule has 0 bridgehead atoms. The van der Waals surface area contributed by atoms with Crippen LogP contribution in [0.1, 0.15) is 35.3 Å². The summed E-state index contributed by atoms with van der Waals surface area (Å²) in [5.41, 5.74) is 2.40. The van der Waals surface area contributed by atoms with Crippen molar-refractivity contribution in [1.82, 2.24) is 20.2 Å². The van der Waals surface area contributed by atoms with Gasteiger partial charge in [-0.1, -0.05) is 79.2 Å². The van der Waals surface area contributed by atoms with E-state index in [-0.39, 0.29) is 22.7 Å². The predicted molar refractivity (Wildman–Crippen MR) is 120 cm³/mol. The molecule has 0 radical (unpaired) electrons. The van der Waals surface area contributed by atoms with Gasteiger partial charge in [0.25, 0.3) is 5.91 Å². The highest BCUT2D eigenvalue weighted by Crippen LogP contribution is 2.32. The smallest absolute Gasteiger partial charge is 0.274 e. The summed E-state index contributed by atoms with van der Waals surface area (Å²) in [4.78, 5) is 21.6. The molecule has 2 aromatic heterocycles. The molecule has 0 saturated heterocycles. The zero-order valence-electron chi connectivity index (χ0n) is 16.3. The molecule has 150 valence electrons. The second kappa shape index (κ2) is 8.69. The second-order valence-corrected chi connectivity index (χ2v) is 8.26. The van der Waals surface area contributed by atoms with Crippen molar-refractivity contribution in [2.45, 2.75) is 19.8 Å². The molecule has 0 atom stereocenters. The number of para-hydroxylation sites is 1.